The van der Waals surface area contributed by atoms with Gasteiger partial charge < -0.3 is 10.6 Å². The van der Waals surface area contributed by atoms with Gasteiger partial charge in [-0.15, -0.1) is 0 Å². The van der Waals surface area contributed by atoms with Gasteiger partial charge in [0.25, 0.3) is 0 Å². The highest BCUT2D eigenvalue weighted by molar-refractivity contribution is 6.30. The molecular formula is C16H22ClN3O. The molecule has 2 N–H and O–H groups in total. The number of halogens is 1. The molecule has 0 aliphatic heterocycles. The number of carbonyl (C=O) groups excluding carboxylic acids is 1. The first-order chi connectivity index (χ1) is 9.86. The molecule has 0 heterocycles. The van der Waals surface area contributed by atoms with E-state index in [9.17, 15) is 4.79 Å². The summed E-state index contributed by atoms with van der Waals surface area (Å²) in [5, 5.41) is 6.57. The topological polar surface area (TPSA) is 53.5 Å². The van der Waals surface area contributed by atoms with E-state index < -0.39 is 0 Å². The van der Waals surface area contributed by atoms with Crippen LogP contribution in [-0.4, -0.2) is 17.8 Å². The van der Waals surface area contributed by atoms with Gasteiger partial charge in [0.15, 0.2) is 0 Å². The first-order valence-corrected chi connectivity index (χ1v) is 7.27. The normalized spacial score (nSPS) is 12.7. The number of amidine groups is 1. The lowest BCUT2D eigenvalue weighted by Gasteiger charge is -2.15. The van der Waals surface area contributed by atoms with E-state index in [1.54, 1.807) is 6.92 Å². The van der Waals surface area contributed by atoms with Crippen LogP contribution < -0.4 is 10.6 Å². The van der Waals surface area contributed by atoms with Crippen molar-refractivity contribution in [3.8, 4) is 0 Å². The van der Waals surface area contributed by atoms with Crippen LogP contribution in [0.1, 0.15) is 32.8 Å². The Kier molecular flexibility index (Phi) is 6.96. The molecule has 0 unspecified atom stereocenters. The average molecular weight is 308 g/mol. The molecule has 0 radical (unpaired) electrons. The average Bonchev–Trinajstić information content (AvgIpc) is 2.36. The van der Waals surface area contributed by atoms with Gasteiger partial charge in [0.2, 0.25) is 5.91 Å². The Morgan fingerprint density at radius 2 is 1.95 bits per heavy atom. The first-order valence-electron chi connectivity index (χ1n) is 6.89. The molecular weight excluding hydrogens is 286 g/mol. The Morgan fingerprint density at radius 3 is 2.52 bits per heavy atom. The van der Waals surface area contributed by atoms with Crippen molar-refractivity contribution in [2.24, 2.45) is 4.99 Å². The quantitative estimate of drug-likeness (QED) is 0.626. The predicted molar refractivity (Wildman–Crippen MR) is 88.4 cm³/mol. The van der Waals surface area contributed by atoms with E-state index in [0.717, 1.165) is 17.9 Å². The van der Waals surface area contributed by atoms with Crippen molar-refractivity contribution in [3.05, 3.63) is 47.3 Å². The van der Waals surface area contributed by atoms with Gasteiger partial charge in [-0.05, 0) is 44.4 Å². The number of aryl methyl sites for hydroxylation is 1. The lowest BCUT2D eigenvalue weighted by molar-refractivity contribution is -0.117. The fraction of sp³-hybridized carbons (Fsp3) is 0.375. The summed E-state index contributed by atoms with van der Waals surface area (Å²) in [4.78, 5) is 15.1. The molecule has 5 heteroatoms. The Hall–Kier alpha value is -1.81. The molecule has 0 spiro atoms. The van der Waals surface area contributed by atoms with Crippen molar-refractivity contribution in [1.82, 2.24) is 10.6 Å². The predicted octanol–water partition coefficient (Wildman–Crippen LogP) is 3.28. The Labute approximate surface area is 131 Å². The van der Waals surface area contributed by atoms with Crippen LogP contribution in [-0.2, 0) is 11.2 Å². The Bertz CT molecular complexity index is 523. The fourth-order valence-corrected chi connectivity index (χ4v) is 2.03. The van der Waals surface area contributed by atoms with Gasteiger partial charge in [0.1, 0.15) is 11.7 Å². The summed E-state index contributed by atoms with van der Waals surface area (Å²) in [6.45, 7) is 9.09. The largest absolute Gasteiger partial charge is 0.368 e. The van der Waals surface area contributed by atoms with E-state index in [1.165, 1.54) is 12.5 Å². The number of nitrogens with zero attached hydrogens (tertiary/aromatic N) is 1. The zero-order valence-electron chi connectivity index (χ0n) is 12.7. The van der Waals surface area contributed by atoms with Crippen molar-refractivity contribution in [3.63, 3.8) is 0 Å². The molecule has 114 valence electrons. The van der Waals surface area contributed by atoms with Crippen molar-refractivity contribution >= 4 is 23.3 Å². The lowest BCUT2D eigenvalue weighted by Crippen LogP contribution is -2.29. The van der Waals surface area contributed by atoms with Crippen LogP contribution in [0, 0.1) is 0 Å². The van der Waals surface area contributed by atoms with Gasteiger partial charge >= 0.3 is 0 Å². The number of rotatable bonds is 6. The summed E-state index contributed by atoms with van der Waals surface area (Å²) in [5.41, 5.74) is 1.25. The van der Waals surface area contributed by atoms with Gasteiger partial charge in [-0.1, -0.05) is 30.3 Å². The molecule has 0 aliphatic rings. The van der Waals surface area contributed by atoms with Crippen molar-refractivity contribution in [1.29, 1.82) is 0 Å². The summed E-state index contributed by atoms with van der Waals surface area (Å²) in [6, 6.07) is 8.10. The van der Waals surface area contributed by atoms with Crippen LogP contribution >= 0.6 is 11.6 Å². The molecule has 4 nitrogen and oxygen atoms in total. The second-order valence-electron chi connectivity index (χ2n) is 5.04. The number of amides is 1. The van der Waals surface area contributed by atoms with Crippen molar-refractivity contribution < 1.29 is 4.79 Å². The molecule has 1 aromatic rings. The number of benzene rings is 1. The molecule has 0 aliphatic carbocycles. The second kappa shape index (κ2) is 8.47. The van der Waals surface area contributed by atoms with Crippen LogP contribution in [0.2, 0.25) is 5.02 Å². The summed E-state index contributed by atoms with van der Waals surface area (Å²) in [5.74, 6) is 0.939. The van der Waals surface area contributed by atoms with Crippen LogP contribution in [0.4, 0.5) is 0 Å². The number of hydrogen-bond donors (Lipinski definition) is 2. The summed E-state index contributed by atoms with van der Waals surface area (Å²) in [7, 11) is 0. The van der Waals surface area contributed by atoms with E-state index in [4.69, 9.17) is 11.6 Å². The lowest BCUT2D eigenvalue weighted by atomic mass is 10.1. The third kappa shape index (κ3) is 7.51. The minimum atomic E-state index is -0.139. The number of hydrogen-bond acceptors (Lipinski definition) is 3. The van der Waals surface area contributed by atoms with Gasteiger partial charge in [-0.3, -0.25) is 4.79 Å². The standard InChI is InChI=1S/C16H22ClN3O/c1-11(5-6-15-7-9-16(17)10-8-15)18-12(2)19-13(3)20-14(4)21/h7-11,18H,2,5-6H2,1,3-4H3,(H,19,20,21)/t11-/m1/s1. The number of nitrogens with one attached hydrogen (secondary N) is 2. The molecule has 1 aromatic carbocycles. The van der Waals surface area contributed by atoms with E-state index in [1.807, 2.05) is 24.3 Å². The maximum Gasteiger partial charge on any atom is 0.222 e. The number of aliphatic imine (C=N–C) groups is 1. The molecule has 0 bridgehead atoms. The van der Waals surface area contributed by atoms with Crippen LogP contribution in [0.25, 0.3) is 0 Å². The minimum Gasteiger partial charge on any atom is -0.368 e. The minimum absolute atomic E-state index is 0.139. The third-order valence-electron chi connectivity index (χ3n) is 2.85. The highest BCUT2D eigenvalue weighted by Crippen LogP contribution is 2.12. The van der Waals surface area contributed by atoms with Crippen LogP contribution in [0.3, 0.4) is 0 Å². The van der Waals surface area contributed by atoms with E-state index in [-0.39, 0.29) is 11.9 Å². The monoisotopic (exact) mass is 307 g/mol. The van der Waals surface area contributed by atoms with Crippen LogP contribution in [0.15, 0.2) is 41.7 Å². The summed E-state index contributed by atoms with van der Waals surface area (Å²) in [6.07, 6.45) is 1.91. The molecule has 1 atom stereocenters. The maximum atomic E-state index is 10.9. The smallest absolute Gasteiger partial charge is 0.222 e. The molecule has 0 saturated heterocycles. The third-order valence-corrected chi connectivity index (χ3v) is 3.10. The van der Waals surface area contributed by atoms with Crippen LogP contribution in [0.5, 0.6) is 0 Å². The molecule has 1 amide bonds. The zero-order valence-corrected chi connectivity index (χ0v) is 13.5. The van der Waals surface area contributed by atoms with E-state index in [0.29, 0.717) is 11.7 Å². The Balaban J connectivity index is 2.39. The highest BCUT2D eigenvalue weighted by atomic mass is 35.5. The molecule has 0 saturated carbocycles. The summed E-state index contributed by atoms with van der Waals surface area (Å²) >= 11 is 5.86. The fourth-order valence-electron chi connectivity index (χ4n) is 1.91. The van der Waals surface area contributed by atoms with Gasteiger partial charge in [0, 0.05) is 18.0 Å². The molecule has 0 fully saturated rings. The SMILES string of the molecule is C=C(N=C(C)NC(C)=O)N[C@H](C)CCc1ccc(Cl)cc1. The van der Waals surface area contributed by atoms with Gasteiger partial charge in [0.05, 0.1) is 0 Å². The summed E-state index contributed by atoms with van der Waals surface area (Å²) < 4.78 is 0. The first kappa shape index (κ1) is 17.2. The number of carbonyl (C=O) groups is 1. The molecule has 21 heavy (non-hydrogen) atoms. The highest BCUT2D eigenvalue weighted by Gasteiger charge is 2.04. The van der Waals surface area contributed by atoms with Gasteiger partial charge in [-0.25, -0.2) is 4.99 Å². The molecule has 0 aromatic heterocycles. The Morgan fingerprint density at radius 1 is 1.33 bits per heavy atom. The molecule has 1 rings (SSSR count). The maximum absolute atomic E-state index is 10.9. The van der Waals surface area contributed by atoms with Gasteiger partial charge in [-0.2, -0.15) is 0 Å². The zero-order chi connectivity index (χ0) is 15.8. The van der Waals surface area contributed by atoms with E-state index >= 15 is 0 Å². The van der Waals surface area contributed by atoms with Crippen molar-refractivity contribution in [2.75, 3.05) is 0 Å². The van der Waals surface area contributed by atoms with E-state index in [2.05, 4.69) is 29.1 Å². The van der Waals surface area contributed by atoms with Crippen molar-refractivity contribution in [2.45, 2.75) is 39.7 Å². The second-order valence-corrected chi connectivity index (χ2v) is 5.47.